The Bertz CT molecular complexity index is 300. The first-order valence-corrected chi connectivity index (χ1v) is 9.38. The minimum atomic E-state index is 0.0344. The molecule has 2 rings (SSSR count). The normalized spacial score (nSPS) is 33.7. The van der Waals surface area contributed by atoms with Gasteiger partial charge in [-0.25, -0.2) is 0 Å². The van der Waals surface area contributed by atoms with Crippen LogP contribution in [0.2, 0.25) is 0 Å². The zero-order chi connectivity index (χ0) is 15.9. The predicted molar refractivity (Wildman–Crippen MR) is 92.6 cm³/mol. The standard InChI is InChI=1S/C17H33NO3S/c1-12(2)19-9-8-18-14-4-6-15(7-5-14)21-17-10-16(11-17)20-13(3)22/h12-18,22H,4-11H2,1-3H3/t13?,14-,15-,16-,17-. The van der Waals surface area contributed by atoms with Gasteiger partial charge < -0.3 is 19.5 Å². The summed E-state index contributed by atoms with van der Waals surface area (Å²) in [7, 11) is 0. The fourth-order valence-corrected chi connectivity index (χ4v) is 3.42. The second-order valence-corrected chi connectivity index (χ2v) is 7.66. The van der Waals surface area contributed by atoms with Crippen LogP contribution in [-0.4, -0.2) is 49.0 Å². The molecule has 2 saturated carbocycles. The van der Waals surface area contributed by atoms with Crippen LogP contribution in [0, 0.1) is 0 Å². The maximum absolute atomic E-state index is 6.19. The van der Waals surface area contributed by atoms with Gasteiger partial charge in [-0.05, 0) is 46.5 Å². The van der Waals surface area contributed by atoms with Gasteiger partial charge in [0, 0.05) is 25.4 Å². The molecule has 1 atom stereocenters. The minimum Gasteiger partial charge on any atom is -0.377 e. The molecule has 0 aromatic rings. The Morgan fingerprint density at radius 2 is 1.68 bits per heavy atom. The third kappa shape index (κ3) is 6.75. The molecule has 0 heterocycles. The maximum atomic E-state index is 6.19. The highest BCUT2D eigenvalue weighted by molar-refractivity contribution is 7.80. The number of rotatable bonds is 9. The van der Waals surface area contributed by atoms with Crippen LogP contribution in [0.15, 0.2) is 0 Å². The van der Waals surface area contributed by atoms with Crippen molar-refractivity contribution in [3.63, 3.8) is 0 Å². The Hall–Kier alpha value is 0.190. The molecule has 0 aliphatic heterocycles. The Labute approximate surface area is 141 Å². The van der Waals surface area contributed by atoms with Crippen LogP contribution in [0.4, 0.5) is 0 Å². The first-order valence-electron chi connectivity index (χ1n) is 8.87. The average molecular weight is 332 g/mol. The van der Waals surface area contributed by atoms with Crippen LogP contribution in [0.25, 0.3) is 0 Å². The molecule has 2 aliphatic carbocycles. The molecule has 0 radical (unpaired) electrons. The molecule has 2 aliphatic rings. The Morgan fingerprint density at radius 3 is 2.27 bits per heavy atom. The van der Waals surface area contributed by atoms with Crippen molar-refractivity contribution in [2.75, 3.05) is 13.2 Å². The summed E-state index contributed by atoms with van der Waals surface area (Å²) in [5.74, 6) is 0. The smallest absolute Gasteiger partial charge is 0.0975 e. The van der Waals surface area contributed by atoms with Gasteiger partial charge in [0.15, 0.2) is 0 Å². The van der Waals surface area contributed by atoms with E-state index < -0.39 is 0 Å². The van der Waals surface area contributed by atoms with Crippen LogP contribution in [-0.2, 0) is 14.2 Å². The zero-order valence-electron chi connectivity index (χ0n) is 14.3. The third-order valence-corrected chi connectivity index (χ3v) is 4.61. The van der Waals surface area contributed by atoms with Crippen LogP contribution < -0.4 is 5.32 Å². The van der Waals surface area contributed by atoms with E-state index in [2.05, 4.69) is 31.8 Å². The molecule has 0 aromatic heterocycles. The number of ether oxygens (including phenoxy) is 3. The summed E-state index contributed by atoms with van der Waals surface area (Å²) in [5.41, 5.74) is 0.0344. The van der Waals surface area contributed by atoms with Crippen molar-refractivity contribution < 1.29 is 14.2 Å². The van der Waals surface area contributed by atoms with Crippen molar-refractivity contribution in [2.24, 2.45) is 0 Å². The monoisotopic (exact) mass is 331 g/mol. The van der Waals surface area contributed by atoms with Gasteiger partial charge in [-0.15, -0.1) is 12.6 Å². The van der Waals surface area contributed by atoms with E-state index in [4.69, 9.17) is 14.2 Å². The van der Waals surface area contributed by atoms with Crippen LogP contribution >= 0.6 is 12.6 Å². The molecule has 1 N–H and O–H groups in total. The summed E-state index contributed by atoms with van der Waals surface area (Å²) in [5, 5.41) is 3.60. The predicted octanol–water partition coefficient (Wildman–Crippen LogP) is 3.15. The lowest BCUT2D eigenvalue weighted by atomic mass is 9.89. The fourth-order valence-electron chi connectivity index (χ4n) is 3.25. The van der Waals surface area contributed by atoms with Crippen LogP contribution in [0.3, 0.4) is 0 Å². The number of hydrogen-bond donors (Lipinski definition) is 2. The molecule has 1 unspecified atom stereocenters. The molecule has 0 spiro atoms. The van der Waals surface area contributed by atoms with Gasteiger partial charge in [-0.1, -0.05) is 0 Å². The quantitative estimate of drug-likeness (QED) is 0.387. The lowest BCUT2D eigenvalue weighted by Crippen LogP contribution is -2.43. The van der Waals surface area contributed by atoms with E-state index in [9.17, 15) is 0 Å². The van der Waals surface area contributed by atoms with E-state index >= 15 is 0 Å². The largest absolute Gasteiger partial charge is 0.377 e. The van der Waals surface area contributed by atoms with Crippen molar-refractivity contribution in [1.82, 2.24) is 5.32 Å². The first kappa shape index (κ1) is 18.5. The summed E-state index contributed by atoms with van der Waals surface area (Å²) in [6.07, 6.45) is 8.39. The number of thiol groups is 1. The van der Waals surface area contributed by atoms with E-state index in [1.807, 2.05) is 6.92 Å². The van der Waals surface area contributed by atoms with Crippen molar-refractivity contribution in [1.29, 1.82) is 0 Å². The number of hydrogen-bond acceptors (Lipinski definition) is 5. The molecule has 0 amide bonds. The van der Waals surface area contributed by atoms with Crippen molar-refractivity contribution in [3.05, 3.63) is 0 Å². The van der Waals surface area contributed by atoms with E-state index in [0.29, 0.717) is 30.5 Å². The fraction of sp³-hybridized carbons (Fsp3) is 1.00. The van der Waals surface area contributed by atoms with Gasteiger partial charge in [-0.2, -0.15) is 0 Å². The highest BCUT2D eigenvalue weighted by atomic mass is 32.1. The number of nitrogens with one attached hydrogen (secondary N) is 1. The molecule has 4 nitrogen and oxygen atoms in total. The second kappa shape index (κ2) is 9.48. The van der Waals surface area contributed by atoms with Crippen molar-refractivity contribution in [3.8, 4) is 0 Å². The lowest BCUT2D eigenvalue weighted by Gasteiger charge is -2.39. The Balaban J connectivity index is 1.49. The topological polar surface area (TPSA) is 39.7 Å². The molecule has 2 fully saturated rings. The van der Waals surface area contributed by atoms with Gasteiger partial charge in [0.1, 0.15) is 0 Å². The van der Waals surface area contributed by atoms with E-state index in [-0.39, 0.29) is 5.44 Å². The van der Waals surface area contributed by atoms with E-state index in [1.54, 1.807) is 0 Å². The summed E-state index contributed by atoms with van der Waals surface area (Å²) in [4.78, 5) is 0. The summed E-state index contributed by atoms with van der Waals surface area (Å²) in [6, 6.07) is 0.637. The highest BCUT2D eigenvalue weighted by Crippen LogP contribution is 2.32. The van der Waals surface area contributed by atoms with Gasteiger partial charge in [0.2, 0.25) is 0 Å². The molecule has 22 heavy (non-hydrogen) atoms. The van der Waals surface area contributed by atoms with Crippen LogP contribution in [0.1, 0.15) is 59.3 Å². The molecular formula is C17H33NO3S. The van der Waals surface area contributed by atoms with Crippen molar-refractivity contribution >= 4 is 12.6 Å². The van der Waals surface area contributed by atoms with Crippen molar-refractivity contribution in [2.45, 2.75) is 95.2 Å². The van der Waals surface area contributed by atoms with Gasteiger partial charge in [0.25, 0.3) is 0 Å². The van der Waals surface area contributed by atoms with Crippen LogP contribution in [0.5, 0.6) is 0 Å². The Kier molecular flexibility index (Phi) is 7.98. The molecule has 130 valence electrons. The highest BCUT2D eigenvalue weighted by Gasteiger charge is 2.34. The molecule has 0 bridgehead atoms. The Morgan fingerprint density at radius 1 is 1.00 bits per heavy atom. The van der Waals surface area contributed by atoms with Gasteiger partial charge in [-0.3, -0.25) is 0 Å². The average Bonchev–Trinajstić information content (AvgIpc) is 2.42. The minimum absolute atomic E-state index is 0.0344. The zero-order valence-corrected chi connectivity index (χ0v) is 15.2. The second-order valence-electron chi connectivity index (χ2n) is 6.93. The molecule has 0 aromatic carbocycles. The maximum Gasteiger partial charge on any atom is 0.0975 e. The third-order valence-electron chi connectivity index (χ3n) is 4.49. The molecule has 0 saturated heterocycles. The lowest BCUT2D eigenvalue weighted by molar-refractivity contribution is -0.135. The van der Waals surface area contributed by atoms with E-state index in [1.165, 1.54) is 25.7 Å². The van der Waals surface area contributed by atoms with E-state index in [0.717, 1.165) is 26.0 Å². The van der Waals surface area contributed by atoms with Gasteiger partial charge in [0.05, 0.1) is 36.5 Å². The summed E-state index contributed by atoms with van der Waals surface area (Å²) < 4.78 is 17.4. The SMILES string of the molecule is CC(C)OCCN[C@H]1CC[C@H](O[C@H]2C[C@H](OC(C)S)C2)CC1. The first-order chi connectivity index (χ1) is 10.5. The summed E-state index contributed by atoms with van der Waals surface area (Å²) >= 11 is 4.26. The molecule has 5 heteroatoms. The van der Waals surface area contributed by atoms with Gasteiger partial charge >= 0.3 is 0 Å². The molecular weight excluding hydrogens is 298 g/mol. The summed E-state index contributed by atoms with van der Waals surface area (Å²) in [6.45, 7) is 7.89.